The molecule has 2 aliphatic rings. The first-order valence-electron chi connectivity index (χ1n) is 7.51. The molecule has 0 bridgehead atoms. The Bertz CT molecular complexity index is 336. The van der Waals surface area contributed by atoms with Crippen LogP contribution in [0, 0.1) is 5.92 Å². The average molecular weight is 284 g/mol. The van der Waals surface area contributed by atoms with Crippen LogP contribution in [0.4, 0.5) is 4.79 Å². The van der Waals surface area contributed by atoms with Crippen molar-refractivity contribution in [3.63, 3.8) is 0 Å². The zero-order valence-corrected chi connectivity index (χ0v) is 11.8. The molecule has 6 nitrogen and oxygen atoms in total. The maximum absolute atomic E-state index is 11.9. The van der Waals surface area contributed by atoms with E-state index < -0.39 is 5.97 Å². The van der Waals surface area contributed by atoms with E-state index >= 15 is 0 Å². The first-order chi connectivity index (χ1) is 9.65. The number of rotatable bonds is 7. The van der Waals surface area contributed by atoms with Crippen molar-refractivity contribution < 1.29 is 19.4 Å². The Labute approximate surface area is 119 Å². The number of piperidine rings is 1. The third-order valence-corrected chi connectivity index (χ3v) is 3.92. The highest BCUT2D eigenvalue weighted by atomic mass is 16.5. The second-order valence-electron chi connectivity index (χ2n) is 5.66. The second-order valence-corrected chi connectivity index (χ2v) is 5.66. The van der Waals surface area contributed by atoms with Gasteiger partial charge in [-0.05, 0) is 25.2 Å². The molecule has 0 aromatic rings. The maximum atomic E-state index is 11.9. The Morgan fingerprint density at radius 3 is 2.50 bits per heavy atom. The highest BCUT2D eigenvalue weighted by Crippen LogP contribution is 2.31. The molecule has 2 amide bonds. The van der Waals surface area contributed by atoms with Gasteiger partial charge in [0.1, 0.15) is 0 Å². The van der Waals surface area contributed by atoms with Gasteiger partial charge >= 0.3 is 12.0 Å². The molecule has 1 aliphatic heterocycles. The van der Waals surface area contributed by atoms with Gasteiger partial charge in [-0.3, -0.25) is 4.79 Å². The molecule has 2 fully saturated rings. The molecule has 0 radical (unpaired) electrons. The van der Waals surface area contributed by atoms with Crippen LogP contribution >= 0.6 is 0 Å². The van der Waals surface area contributed by atoms with E-state index in [2.05, 4.69) is 5.32 Å². The summed E-state index contributed by atoms with van der Waals surface area (Å²) in [6.07, 6.45) is 5.43. The van der Waals surface area contributed by atoms with E-state index in [0.29, 0.717) is 13.1 Å². The topological polar surface area (TPSA) is 78.9 Å². The Hall–Kier alpha value is -1.30. The van der Waals surface area contributed by atoms with Crippen molar-refractivity contribution in [2.45, 2.75) is 44.6 Å². The van der Waals surface area contributed by atoms with Crippen LogP contribution in [0.15, 0.2) is 0 Å². The van der Waals surface area contributed by atoms with E-state index in [-0.39, 0.29) is 25.2 Å². The summed E-state index contributed by atoms with van der Waals surface area (Å²) >= 11 is 0. The van der Waals surface area contributed by atoms with E-state index in [1.165, 1.54) is 12.8 Å². The molecular weight excluding hydrogens is 260 g/mol. The summed E-state index contributed by atoms with van der Waals surface area (Å²) in [5, 5.41) is 11.5. The molecule has 0 unspecified atom stereocenters. The SMILES string of the molecule is O=C(O)CCOC1CCN(C(=O)NCCC2CC2)CC1. The number of carboxylic acids is 1. The molecule has 6 heteroatoms. The van der Waals surface area contributed by atoms with Crippen molar-refractivity contribution in [1.29, 1.82) is 0 Å². The molecule has 0 aromatic carbocycles. The molecule has 1 saturated heterocycles. The minimum Gasteiger partial charge on any atom is -0.481 e. The van der Waals surface area contributed by atoms with Gasteiger partial charge in [0.05, 0.1) is 19.1 Å². The second kappa shape index (κ2) is 7.47. The van der Waals surface area contributed by atoms with E-state index in [9.17, 15) is 9.59 Å². The minimum atomic E-state index is -0.836. The van der Waals surface area contributed by atoms with E-state index in [1.54, 1.807) is 0 Å². The molecule has 1 aliphatic carbocycles. The fourth-order valence-electron chi connectivity index (χ4n) is 2.44. The van der Waals surface area contributed by atoms with Gasteiger partial charge in [-0.15, -0.1) is 0 Å². The Balaban J connectivity index is 1.55. The van der Waals surface area contributed by atoms with Gasteiger partial charge < -0.3 is 20.1 Å². The van der Waals surface area contributed by atoms with Crippen molar-refractivity contribution in [2.24, 2.45) is 5.92 Å². The number of nitrogens with one attached hydrogen (secondary N) is 1. The van der Waals surface area contributed by atoms with Crippen LogP contribution in [0.5, 0.6) is 0 Å². The average Bonchev–Trinajstić information content (AvgIpc) is 3.23. The molecule has 0 atom stereocenters. The van der Waals surface area contributed by atoms with Crippen LogP contribution < -0.4 is 5.32 Å². The van der Waals surface area contributed by atoms with Crippen molar-refractivity contribution in [1.82, 2.24) is 10.2 Å². The number of amides is 2. The number of ether oxygens (including phenoxy) is 1. The molecule has 1 saturated carbocycles. The molecule has 2 N–H and O–H groups in total. The third-order valence-electron chi connectivity index (χ3n) is 3.92. The first kappa shape index (κ1) is 15.1. The fourth-order valence-corrected chi connectivity index (χ4v) is 2.44. The predicted molar refractivity (Wildman–Crippen MR) is 73.5 cm³/mol. The predicted octanol–water partition coefficient (Wildman–Crippen LogP) is 1.45. The van der Waals surface area contributed by atoms with Gasteiger partial charge in [0.2, 0.25) is 0 Å². The number of hydrogen-bond acceptors (Lipinski definition) is 3. The van der Waals surface area contributed by atoms with Crippen molar-refractivity contribution >= 4 is 12.0 Å². The molecule has 20 heavy (non-hydrogen) atoms. The Kier molecular flexibility index (Phi) is 5.64. The highest BCUT2D eigenvalue weighted by molar-refractivity contribution is 5.74. The number of aliphatic carboxylic acids is 1. The zero-order valence-electron chi connectivity index (χ0n) is 11.8. The van der Waals surface area contributed by atoms with Crippen LogP contribution in [-0.4, -0.2) is 54.4 Å². The van der Waals surface area contributed by atoms with Gasteiger partial charge in [-0.1, -0.05) is 12.8 Å². The van der Waals surface area contributed by atoms with Crippen LogP contribution in [-0.2, 0) is 9.53 Å². The quantitative estimate of drug-likeness (QED) is 0.741. The summed E-state index contributed by atoms with van der Waals surface area (Å²) < 4.78 is 5.50. The lowest BCUT2D eigenvalue weighted by Gasteiger charge is -2.31. The maximum Gasteiger partial charge on any atom is 0.317 e. The van der Waals surface area contributed by atoms with Gasteiger partial charge in [-0.25, -0.2) is 4.79 Å². The van der Waals surface area contributed by atoms with Crippen molar-refractivity contribution in [3.8, 4) is 0 Å². The highest BCUT2D eigenvalue weighted by Gasteiger charge is 2.24. The van der Waals surface area contributed by atoms with Gasteiger partial charge in [-0.2, -0.15) is 0 Å². The van der Waals surface area contributed by atoms with Crippen LogP contribution in [0.1, 0.15) is 38.5 Å². The molecule has 114 valence electrons. The van der Waals surface area contributed by atoms with Gasteiger partial charge in [0, 0.05) is 19.6 Å². The van der Waals surface area contributed by atoms with Gasteiger partial charge in [0.25, 0.3) is 0 Å². The number of carboxylic acid groups (broad SMARTS) is 1. The summed E-state index contributed by atoms with van der Waals surface area (Å²) in [7, 11) is 0. The van der Waals surface area contributed by atoms with E-state index in [4.69, 9.17) is 9.84 Å². The Morgan fingerprint density at radius 1 is 1.20 bits per heavy atom. The lowest BCUT2D eigenvalue weighted by Crippen LogP contribution is -2.46. The van der Waals surface area contributed by atoms with E-state index in [0.717, 1.165) is 31.7 Å². The lowest BCUT2D eigenvalue weighted by atomic mass is 10.1. The number of urea groups is 1. The van der Waals surface area contributed by atoms with Gasteiger partial charge in [0.15, 0.2) is 0 Å². The molecule has 2 rings (SSSR count). The number of nitrogens with zero attached hydrogens (tertiary/aromatic N) is 1. The largest absolute Gasteiger partial charge is 0.481 e. The summed E-state index contributed by atoms with van der Waals surface area (Å²) in [6.45, 7) is 2.41. The molecule has 0 spiro atoms. The molecule has 1 heterocycles. The molecule has 0 aromatic heterocycles. The first-order valence-corrected chi connectivity index (χ1v) is 7.51. The number of hydrogen-bond donors (Lipinski definition) is 2. The summed E-state index contributed by atoms with van der Waals surface area (Å²) in [5.41, 5.74) is 0. The van der Waals surface area contributed by atoms with Crippen LogP contribution in [0.3, 0.4) is 0 Å². The normalized spacial score (nSPS) is 19.9. The lowest BCUT2D eigenvalue weighted by molar-refractivity contribution is -0.138. The summed E-state index contributed by atoms with van der Waals surface area (Å²) in [5.74, 6) is 0.00106. The van der Waals surface area contributed by atoms with Crippen LogP contribution in [0.2, 0.25) is 0 Å². The zero-order chi connectivity index (χ0) is 14.4. The van der Waals surface area contributed by atoms with Crippen molar-refractivity contribution in [3.05, 3.63) is 0 Å². The van der Waals surface area contributed by atoms with Crippen LogP contribution in [0.25, 0.3) is 0 Å². The summed E-state index contributed by atoms with van der Waals surface area (Å²) in [4.78, 5) is 24.1. The standard InChI is InChI=1S/C14H24N2O4/c17-13(18)6-10-20-12-4-8-16(9-5-12)14(19)15-7-3-11-1-2-11/h11-12H,1-10H2,(H,15,19)(H,17,18). The fraction of sp³-hybridized carbons (Fsp3) is 0.857. The summed E-state index contributed by atoms with van der Waals surface area (Å²) in [6, 6.07) is 0.0228. The monoisotopic (exact) mass is 284 g/mol. The van der Waals surface area contributed by atoms with E-state index in [1.807, 2.05) is 4.90 Å². The minimum absolute atomic E-state index is 0.0228. The number of likely N-dealkylation sites (tertiary alicyclic amines) is 1. The molecular formula is C14H24N2O4. The number of carbonyl (C=O) groups is 2. The Morgan fingerprint density at radius 2 is 1.90 bits per heavy atom. The van der Waals surface area contributed by atoms with Crippen molar-refractivity contribution in [2.75, 3.05) is 26.2 Å². The third kappa shape index (κ3) is 5.36. The smallest absolute Gasteiger partial charge is 0.317 e. The number of carbonyl (C=O) groups excluding carboxylic acids is 1.